The molecule has 0 amide bonds. The van der Waals surface area contributed by atoms with E-state index in [4.69, 9.17) is 5.53 Å². The third kappa shape index (κ3) is 2.28. The Morgan fingerprint density at radius 3 is 2.81 bits per heavy atom. The topological polar surface area (TPSA) is 61.7 Å². The maximum absolute atomic E-state index is 13.0. The molecule has 1 atom stereocenters. The Hall–Kier alpha value is -1.68. The fourth-order valence-corrected chi connectivity index (χ4v) is 1.95. The molecule has 6 heteroatoms. The summed E-state index contributed by atoms with van der Waals surface area (Å²) in [4.78, 5) is 6.67. The van der Waals surface area contributed by atoms with E-state index in [2.05, 4.69) is 15.0 Å². The molecule has 0 bridgehead atoms. The third-order valence-electron chi connectivity index (χ3n) is 2.75. The maximum Gasteiger partial charge on any atom is 0.248 e. The zero-order chi connectivity index (χ0) is 11.6. The van der Waals surface area contributed by atoms with Gasteiger partial charge in [-0.15, -0.1) is 0 Å². The molecular weight excluding hydrogens is 214 g/mol. The van der Waals surface area contributed by atoms with Crippen LogP contribution in [-0.2, 0) is 0 Å². The molecule has 0 saturated heterocycles. The van der Waals surface area contributed by atoms with Crippen LogP contribution in [0.5, 0.6) is 0 Å². The van der Waals surface area contributed by atoms with E-state index in [-0.39, 0.29) is 18.8 Å². The van der Waals surface area contributed by atoms with Crippen LogP contribution in [0.15, 0.2) is 23.4 Å². The van der Waals surface area contributed by atoms with Crippen molar-refractivity contribution in [3.8, 4) is 0 Å². The van der Waals surface area contributed by atoms with Crippen LogP contribution in [0, 0.1) is 0 Å². The summed E-state index contributed by atoms with van der Waals surface area (Å²) < 4.78 is 26.0. The Morgan fingerprint density at radius 2 is 2.31 bits per heavy atom. The summed E-state index contributed by atoms with van der Waals surface area (Å²) in [5, 5.41) is 3.37. The monoisotopic (exact) mass is 224 g/mol. The zero-order valence-electron chi connectivity index (χ0n) is 8.48. The summed E-state index contributed by atoms with van der Waals surface area (Å²) >= 11 is 0. The van der Waals surface area contributed by atoms with E-state index in [9.17, 15) is 8.78 Å². The number of nitrogens with zero attached hydrogens (tertiary/aromatic N) is 4. The number of aromatic nitrogens is 1. The Kier molecular flexibility index (Phi) is 2.75. The predicted molar refractivity (Wildman–Crippen MR) is 54.6 cm³/mol. The first-order valence-corrected chi connectivity index (χ1v) is 5.00. The van der Waals surface area contributed by atoms with Crippen molar-refractivity contribution in [2.75, 3.05) is 0 Å². The lowest BCUT2D eigenvalue weighted by Gasteiger charge is -2.09. The van der Waals surface area contributed by atoms with Gasteiger partial charge in [0.1, 0.15) is 0 Å². The van der Waals surface area contributed by atoms with Gasteiger partial charge in [-0.25, -0.2) is 8.78 Å². The zero-order valence-corrected chi connectivity index (χ0v) is 8.48. The number of hydrogen-bond donors (Lipinski definition) is 0. The summed E-state index contributed by atoms with van der Waals surface area (Å²) in [5.41, 5.74) is 9.25. The van der Waals surface area contributed by atoms with Crippen molar-refractivity contribution in [3.05, 3.63) is 34.5 Å². The van der Waals surface area contributed by atoms with Gasteiger partial charge in [-0.3, -0.25) is 4.98 Å². The molecule has 16 heavy (non-hydrogen) atoms. The van der Waals surface area contributed by atoms with E-state index in [1.807, 2.05) is 0 Å². The number of rotatable bonds is 2. The second-order valence-corrected chi connectivity index (χ2v) is 3.93. The molecule has 1 aromatic rings. The van der Waals surface area contributed by atoms with Gasteiger partial charge in [0, 0.05) is 35.6 Å². The van der Waals surface area contributed by atoms with Gasteiger partial charge in [-0.2, -0.15) is 0 Å². The highest BCUT2D eigenvalue weighted by Gasteiger charge is 2.40. The van der Waals surface area contributed by atoms with Crippen molar-refractivity contribution in [3.63, 3.8) is 0 Å². The molecule has 84 valence electrons. The first kappa shape index (κ1) is 10.8. The van der Waals surface area contributed by atoms with Crippen LogP contribution in [-0.4, -0.2) is 10.9 Å². The molecule has 0 aromatic carbocycles. The normalized spacial score (nSPS) is 22.8. The lowest BCUT2D eigenvalue weighted by Crippen LogP contribution is -2.09. The minimum atomic E-state index is -2.56. The van der Waals surface area contributed by atoms with E-state index in [1.165, 1.54) is 6.20 Å². The highest BCUT2D eigenvalue weighted by molar-refractivity contribution is 5.34. The van der Waals surface area contributed by atoms with Gasteiger partial charge in [0.25, 0.3) is 0 Å². The van der Waals surface area contributed by atoms with Crippen molar-refractivity contribution in [2.24, 2.45) is 5.11 Å². The van der Waals surface area contributed by atoms with Gasteiger partial charge in [0.15, 0.2) is 0 Å². The predicted octanol–water partition coefficient (Wildman–Crippen LogP) is 3.93. The molecule has 1 saturated carbocycles. The third-order valence-corrected chi connectivity index (χ3v) is 2.75. The number of azide groups is 1. The van der Waals surface area contributed by atoms with Crippen LogP contribution in [0.2, 0.25) is 0 Å². The van der Waals surface area contributed by atoms with Crippen molar-refractivity contribution in [1.82, 2.24) is 4.98 Å². The molecule has 2 rings (SSSR count). The highest BCUT2D eigenvalue weighted by atomic mass is 19.3. The summed E-state index contributed by atoms with van der Waals surface area (Å²) in [6, 6.07) is 3.24. The van der Waals surface area contributed by atoms with Crippen LogP contribution in [0.1, 0.15) is 30.9 Å². The SMILES string of the molecule is [N-]=[N+]=Nc1ccc(C2CCC(F)(F)C2)nc1. The van der Waals surface area contributed by atoms with Crippen molar-refractivity contribution < 1.29 is 8.78 Å². The average Bonchev–Trinajstić information content (AvgIpc) is 2.61. The molecule has 1 heterocycles. The second kappa shape index (κ2) is 4.06. The Morgan fingerprint density at radius 1 is 1.50 bits per heavy atom. The van der Waals surface area contributed by atoms with Gasteiger partial charge in [-0.05, 0) is 24.1 Å². The second-order valence-electron chi connectivity index (χ2n) is 3.93. The van der Waals surface area contributed by atoms with E-state index < -0.39 is 5.92 Å². The molecule has 4 nitrogen and oxygen atoms in total. The van der Waals surface area contributed by atoms with Gasteiger partial charge < -0.3 is 0 Å². The molecule has 1 unspecified atom stereocenters. The largest absolute Gasteiger partial charge is 0.261 e. The lowest BCUT2D eigenvalue weighted by molar-refractivity contribution is 0.00766. The Labute approximate surface area is 90.9 Å². The molecule has 1 fully saturated rings. The number of hydrogen-bond acceptors (Lipinski definition) is 2. The smallest absolute Gasteiger partial charge is 0.248 e. The van der Waals surface area contributed by atoms with Crippen LogP contribution < -0.4 is 0 Å². The van der Waals surface area contributed by atoms with E-state index in [1.54, 1.807) is 12.1 Å². The number of pyridine rings is 1. The molecule has 0 radical (unpaired) electrons. The van der Waals surface area contributed by atoms with E-state index in [0.29, 0.717) is 17.8 Å². The molecule has 0 N–H and O–H groups in total. The van der Waals surface area contributed by atoms with E-state index in [0.717, 1.165) is 0 Å². The standard InChI is InChI=1S/C10H10F2N4/c11-10(12)4-3-7(5-10)9-2-1-8(6-14-9)15-16-13/h1-2,6-7H,3-5H2. The first-order valence-electron chi connectivity index (χ1n) is 5.00. The fraction of sp³-hybridized carbons (Fsp3) is 0.500. The minimum absolute atomic E-state index is 0.0720. The number of halogens is 2. The highest BCUT2D eigenvalue weighted by Crippen LogP contribution is 2.43. The summed E-state index contributed by atoms with van der Waals surface area (Å²) in [5.74, 6) is -2.74. The van der Waals surface area contributed by atoms with Gasteiger partial charge in [0.05, 0.1) is 5.69 Å². The van der Waals surface area contributed by atoms with Crippen molar-refractivity contribution in [1.29, 1.82) is 0 Å². The van der Waals surface area contributed by atoms with Crippen LogP contribution >= 0.6 is 0 Å². The molecule has 1 aromatic heterocycles. The summed E-state index contributed by atoms with van der Waals surface area (Å²) in [6.45, 7) is 0. The average molecular weight is 224 g/mol. The lowest BCUT2D eigenvalue weighted by atomic mass is 10.0. The number of alkyl halides is 2. The van der Waals surface area contributed by atoms with Gasteiger partial charge >= 0.3 is 0 Å². The minimum Gasteiger partial charge on any atom is -0.261 e. The fourth-order valence-electron chi connectivity index (χ4n) is 1.95. The van der Waals surface area contributed by atoms with Gasteiger partial charge in [0.2, 0.25) is 5.92 Å². The quantitative estimate of drug-likeness (QED) is 0.426. The van der Waals surface area contributed by atoms with E-state index >= 15 is 0 Å². The van der Waals surface area contributed by atoms with Crippen LogP contribution in [0.3, 0.4) is 0 Å². The van der Waals surface area contributed by atoms with Crippen molar-refractivity contribution >= 4 is 5.69 Å². The molecule has 0 aliphatic heterocycles. The summed E-state index contributed by atoms with van der Waals surface area (Å²) in [7, 11) is 0. The van der Waals surface area contributed by atoms with Crippen LogP contribution in [0.4, 0.5) is 14.5 Å². The van der Waals surface area contributed by atoms with Crippen molar-refractivity contribution in [2.45, 2.75) is 31.1 Å². The molecule has 1 aliphatic carbocycles. The summed E-state index contributed by atoms with van der Waals surface area (Å²) in [6.07, 6.45) is 1.66. The molecule has 0 spiro atoms. The van der Waals surface area contributed by atoms with Gasteiger partial charge in [-0.1, -0.05) is 5.11 Å². The molecule has 1 aliphatic rings. The Bertz CT molecular complexity index is 423. The molecular formula is C10H10F2N4. The maximum atomic E-state index is 13.0. The first-order chi connectivity index (χ1) is 7.61. The van der Waals surface area contributed by atoms with Crippen LogP contribution in [0.25, 0.3) is 10.4 Å². The Balaban J connectivity index is 2.14.